The SMILES string of the molecule is CCCNC1CC(c2ccsc2)Oc2ccc(OC)cc21. The number of hydrogen-bond donors (Lipinski definition) is 1. The van der Waals surface area contributed by atoms with Gasteiger partial charge in [-0.3, -0.25) is 0 Å². The van der Waals surface area contributed by atoms with E-state index in [4.69, 9.17) is 9.47 Å². The molecule has 0 bridgehead atoms. The number of thiophene rings is 1. The first-order valence-electron chi connectivity index (χ1n) is 7.42. The molecule has 0 spiro atoms. The van der Waals surface area contributed by atoms with Crippen LogP contribution in [0.3, 0.4) is 0 Å². The van der Waals surface area contributed by atoms with Crippen LogP contribution in [0.2, 0.25) is 0 Å². The first-order valence-corrected chi connectivity index (χ1v) is 8.36. The summed E-state index contributed by atoms with van der Waals surface area (Å²) in [5, 5.41) is 7.92. The molecule has 0 fully saturated rings. The Morgan fingerprint density at radius 2 is 2.29 bits per heavy atom. The van der Waals surface area contributed by atoms with Crippen molar-refractivity contribution >= 4 is 11.3 Å². The second-order valence-electron chi connectivity index (χ2n) is 5.31. The summed E-state index contributed by atoms with van der Waals surface area (Å²) >= 11 is 1.72. The first-order chi connectivity index (χ1) is 10.3. The summed E-state index contributed by atoms with van der Waals surface area (Å²) in [4.78, 5) is 0. The zero-order chi connectivity index (χ0) is 14.7. The zero-order valence-corrected chi connectivity index (χ0v) is 13.3. The summed E-state index contributed by atoms with van der Waals surface area (Å²) in [6, 6.07) is 8.54. The third-order valence-corrected chi connectivity index (χ3v) is 4.57. The molecule has 4 heteroatoms. The lowest BCUT2D eigenvalue weighted by molar-refractivity contribution is 0.151. The predicted molar refractivity (Wildman–Crippen MR) is 86.3 cm³/mol. The molecule has 1 N–H and O–H groups in total. The maximum absolute atomic E-state index is 6.20. The van der Waals surface area contributed by atoms with E-state index in [2.05, 4.69) is 35.1 Å². The van der Waals surface area contributed by atoms with Gasteiger partial charge in [0, 0.05) is 23.6 Å². The largest absolute Gasteiger partial charge is 0.497 e. The van der Waals surface area contributed by atoms with Crippen molar-refractivity contribution in [2.24, 2.45) is 0 Å². The van der Waals surface area contributed by atoms with Gasteiger partial charge in [0.05, 0.1) is 7.11 Å². The Morgan fingerprint density at radius 3 is 3.00 bits per heavy atom. The van der Waals surface area contributed by atoms with E-state index < -0.39 is 0 Å². The second-order valence-corrected chi connectivity index (χ2v) is 6.09. The zero-order valence-electron chi connectivity index (χ0n) is 12.5. The van der Waals surface area contributed by atoms with Crippen molar-refractivity contribution in [1.82, 2.24) is 5.32 Å². The standard InChI is InChI=1S/C17H21NO2S/c1-3-7-18-15-10-17(12-6-8-21-11-12)20-16-5-4-13(19-2)9-14(15)16/h4-6,8-9,11,15,17-18H,3,7,10H2,1-2H3. The molecule has 2 aromatic rings. The van der Waals surface area contributed by atoms with Gasteiger partial charge in [0.15, 0.2) is 0 Å². The highest BCUT2D eigenvalue weighted by atomic mass is 32.1. The lowest BCUT2D eigenvalue weighted by atomic mass is 9.93. The maximum Gasteiger partial charge on any atom is 0.126 e. The van der Waals surface area contributed by atoms with Crippen molar-refractivity contribution in [3.05, 3.63) is 46.2 Å². The highest BCUT2D eigenvalue weighted by Crippen LogP contribution is 2.42. The van der Waals surface area contributed by atoms with Gasteiger partial charge < -0.3 is 14.8 Å². The van der Waals surface area contributed by atoms with Crippen LogP contribution in [0.25, 0.3) is 0 Å². The van der Waals surface area contributed by atoms with Gasteiger partial charge in [-0.1, -0.05) is 6.92 Å². The molecule has 0 radical (unpaired) electrons. The van der Waals surface area contributed by atoms with E-state index in [9.17, 15) is 0 Å². The van der Waals surface area contributed by atoms with Crippen LogP contribution in [0.15, 0.2) is 35.0 Å². The number of hydrogen-bond acceptors (Lipinski definition) is 4. The number of benzene rings is 1. The van der Waals surface area contributed by atoms with Crippen LogP contribution in [0, 0.1) is 0 Å². The van der Waals surface area contributed by atoms with E-state index in [1.165, 1.54) is 11.1 Å². The van der Waals surface area contributed by atoms with Gasteiger partial charge in [-0.15, -0.1) is 0 Å². The monoisotopic (exact) mass is 303 g/mol. The molecule has 3 rings (SSSR count). The van der Waals surface area contributed by atoms with Gasteiger partial charge in [0.25, 0.3) is 0 Å². The van der Waals surface area contributed by atoms with Gasteiger partial charge >= 0.3 is 0 Å². The topological polar surface area (TPSA) is 30.5 Å². The van der Waals surface area contributed by atoms with Crippen molar-refractivity contribution in [2.45, 2.75) is 31.9 Å². The lowest BCUT2D eigenvalue weighted by Gasteiger charge is -2.33. The minimum atomic E-state index is 0.131. The summed E-state index contributed by atoms with van der Waals surface area (Å²) in [5.41, 5.74) is 2.47. The Kier molecular flexibility index (Phi) is 4.46. The van der Waals surface area contributed by atoms with Crippen LogP contribution in [-0.2, 0) is 0 Å². The number of fused-ring (bicyclic) bond motifs is 1. The minimum absolute atomic E-state index is 0.131. The molecular weight excluding hydrogens is 282 g/mol. The molecule has 112 valence electrons. The van der Waals surface area contributed by atoms with E-state index in [1.807, 2.05) is 12.1 Å². The van der Waals surface area contributed by atoms with E-state index in [1.54, 1.807) is 18.4 Å². The van der Waals surface area contributed by atoms with Gasteiger partial charge in [0.1, 0.15) is 17.6 Å². The summed E-state index contributed by atoms with van der Waals surface area (Å²) in [7, 11) is 1.70. The highest BCUT2D eigenvalue weighted by molar-refractivity contribution is 7.07. The fraction of sp³-hybridized carbons (Fsp3) is 0.412. The molecule has 0 aliphatic carbocycles. The normalized spacial score (nSPS) is 20.7. The molecule has 0 saturated heterocycles. The molecule has 2 unspecified atom stereocenters. The Balaban J connectivity index is 1.90. The van der Waals surface area contributed by atoms with Crippen molar-refractivity contribution in [2.75, 3.05) is 13.7 Å². The van der Waals surface area contributed by atoms with E-state index in [0.29, 0.717) is 6.04 Å². The first kappa shape index (κ1) is 14.4. The summed E-state index contributed by atoms with van der Waals surface area (Å²) < 4.78 is 11.5. The van der Waals surface area contributed by atoms with Crippen molar-refractivity contribution in [3.8, 4) is 11.5 Å². The van der Waals surface area contributed by atoms with Crippen LogP contribution in [0.5, 0.6) is 11.5 Å². The predicted octanol–water partition coefficient (Wildman–Crippen LogP) is 4.32. The van der Waals surface area contributed by atoms with E-state index >= 15 is 0 Å². The molecule has 3 nitrogen and oxygen atoms in total. The Labute approximate surface area is 129 Å². The highest BCUT2D eigenvalue weighted by Gasteiger charge is 2.29. The smallest absolute Gasteiger partial charge is 0.126 e. The van der Waals surface area contributed by atoms with Gasteiger partial charge in [-0.25, -0.2) is 0 Å². The van der Waals surface area contributed by atoms with Crippen LogP contribution in [0.1, 0.15) is 43.0 Å². The van der Waals surface area contributed by atoms with Crippen molar-refractivity contribution in [1.29, 1.82) is 0 Å². The van der Waals surface area contributed by atoms with Crippen LogP contribution in [-0.4, -0.2) is 13.7 Å². The molecule has 1 aliphatic rings. The quantitative estimate of drug-likeness (QED) is 0.892. The average molecular weight is 303 g/mol. The summed E-state index contributed by atoms with van der Waals surface area (Å²) in [5.74, 6) is 1.85. The van der Waals surface area contributed by atoms with Gasteiger partial charge in [-0.2, -0.15) is 11.3 Å². The fourth-order valence-corrected chi connectivity index (χ4v) is 3.45. The average Bonchev–Trinajstić information content (AvgIpc) is 3.06. The van der Waals surface area contributed by atoms with E-state index in [0.717, 1.165) is 30.9 Å². The molecule has 0 amide bonds. The van der Waals surface area contributed by atoms with Crippen molar-refractivity contribution < 1.29 is 9.47 Å². The number of nitrogens with one attached hydrogen (secondary N) is 1. The van der Waals surface area contributed by atoms with Gasteiger partial charge in [0.2, 0.25) is 0 Å². The van der Waals surface area contributed by atoms with Crippen LogP contribution < -0.4 is 14.8 Å². The maximum atomic E-state index is 6.20. The molecule has 2 heterocycles. The Hall–Kier alpha value is -1.52. The molecule has 1 aliphatic heterocycles. The molecule has 1 aromatic carbocycles. The fourth-order valence-electron chi connectivity index (χ4n) is 2.75. The Morgan fingerprint density at radius 1 is 1.38 bits per heavy atom. The molecule has 1 aromatic heterocycles. The number of rotatable bonds is 5. The molecule has 2 atom stereocenters. The lowest BCUT2D eigenvalue weighted by Crippen LogP contribution is -2.29. The molecule has 0 saturated carbocycles. The van der Waals surface area contributed by atoms with E-state index in [-0.39, 0.29) is 6.10 Å². The number of methoxy groups -OCH3 is 1. The van der Waals surface area contributed by atoms with Crippen molar-refractivity contribution in [3.63, 3.8) is 0 Å². The Bertz CT molecular complexity index is 582. The minimum Gasteiger partial charge on any atom is -0.497 e. The summed E-state index contributed by atoms with van der Waals surface area (Å²) in [6.45, 7) is 3.20. The summed E-state index contributed by atoms with van der Waals surface area (Å²) in [6.07, 6.45) is 2.21. The van der Waals surface area contributed by atoms with Crippen LogP contribution >= 0.6 is 11.3 Å². The number of ether oxygens (including phenoxy) is 2. The third kappa shape index (κ3) is 3.06. The second kappa shape index (κ2) is 6.50. The molecule has 21 heavy (non-hydrogen) atoms. The van der Waals surface area contributed by atoms with Crippen LogP contribution in [0.4, 0.5) is 0 Å². The van der Waals surface area contributed by atoms with Gasteiger partial charge in [-0.05, 0) is 48.0 Å². The third-order valence-electron chi connectivity index (χ3n) is 3.87. The molecular formula is C17H21NO2S.